The summed E-state index contributed by atoms with van der Waals surface area (Å²) in [6.07, 6.45) is -3.77. The van der Waals surface area contributed by atoms with Crippen molar-refractivity contribution in [2.45, 2.75) is 95.3 Å². The summed E-state index contributed by atoms with van der Waals surface area (Å²) in [5, 5.41) is 0. The molecule has 1 rings (SSSR count). The monoisotopic (exact) mass is 344 g/mol. The van der Waals surface area contributed by atoms with E-state index >= 15 is 8.78 Å². The summed E-state index contributed by atoms with van der Waals surface area (Å²) in [5.41, 5.74) is -0.508. The van der Waals surface area contributed by atoms with Crippen LogP contribution in [0.3, 0.4) is 0 Å². The van der Waals surface area contributed by atoms with E-state index in [-0.39, 0.29) is 27.7 Å². The van der Waals surface area contributed by atoms with E-state index < -0.39 is 17.6 Å². The fraction of sp³-hybridized carbons (Fsp3) is 0.905. The lowest BCUT2D eigenvalue weighted by Crippen LogP contribution is -2.55. The molecular weight excluding hydrogens is 306 g/mol. The van der Waals surface area contributed by atoms with E-state index in [4.69, 9.17) is 4.74 Å². The molecule has 24 heavy (non-hydrogen) atoms. The average molecular weight is 345 g/mol. The zero-order valence-electron chi connectivity index (χ0n) is 17.8. The number of ether oxygens (including phenoxy) is 1. The molecular formula is C21H38F2O. The molecule has 0 amide bonds. The van der Waals surface area contributed by atoms with Gasteiger partial charge in [0.25, 0.3) is 0 Å². The lowest BCUT2D eigenvalue weighted by Gasteiger charge is -2.54. The predicted octanol–water partition coefficient (Wildman–Crippen LogP) is 7.08. The van der Waals surface area contributed by atoms with Crippen LogP contribution >= 0.6 is 0 Å². The summed E-state index contributed by atoms with van der Waals surface area (Å²) >= 11 is 0. The second kappa shape index (κ2) is 5.79. The van der Waals surface area contributed by atoms with Gasteiger partial charge in [-0.1, -0.05) is 88.7 Å². The summed E-state index contributed by atoms with van der Waals surface area (Å²) < 4.78 is 36.0. The molecule has 0 aromatic rings. The van der Waals surface area contributed by atoms with Crippen molar-refractivity contribution in [3.63, 3.8) is 0 Å². The number of halogens is 2. The SMILES string of the molecule is CC(C)(C)C1=C(C(C)(C)C)C(F)(F)OC(C(C)(C)C)C1C(C)(C)C. The highest BCUT2D eigenvalue weighted by Gasteiger charge is 2.58. The van der Waals surface area contributed by atoms with Crippen molar-refractivity contribution < 1.29 is 13.5 Å². The van der Waals surface area contributed by atoms with Gasteiger partial charge >= 0.3 is 6.11 Å². The first-order chi connectivity index (χ1) is 10.2. The minimum Gasteiger partial charge on any atom is -0.312 e. The molecule has 2 atom stereocenters. The fourth-order valence-electron chi connectivity index (χ4n) is 4.00. The first-order valence-electron chi connectivity index (χ1n) is 9.02. The normalized spacial score (nSPS) is 26.8. The molecule has 0 aromatic carbocycles. The minimum absolute atomic E-state index is 0.0636. The van der Waals surface area contributed by atoms with Gasteiger partial charge in [-0.2, -0.15) is 8.78 Å². The third-order valence-electron chi connectivity index (χ3n) is 4.79. The molecule has 0 radical (unpaired) electrons. The van der Waals surface area contributed by atoms with Gasteiger partial charge in [0.2, 0.25) is 0 Å². The quantitative estimate of drug-likeness (QED) is 0.427. The molecule has 1 heterocycles. The van der Waals surface area contributed by atoms with E-state index in [1.54, 1.807) is 0 Å². The van der Waals surface area contributed by atoms with Crippen molar-refractivity contribution in [2.24, 2.45) is 27.6 Å². The molecule has 142 valence electrons. The van der Waals surface area contributed by atoms with Crippen molar-refractivity contribution in [1.82, 2.24) is 0 Å². The van der Waals surface area contributed by atoms with Crippen molar-refractivity contribution in [3.05, 3.63) is 11.1 Å². The maximum Gasteiger partial charge on any atom is 0.380 e. The van der Waals surface area contributed by atoms with Crippen LogP contribution in [-0.2, 0) is 4.74 Å². The molecule has 0 aliphatic carbocycles. The van der Waals surface area contributed by atoms with Crippen LogP contribution in [0.15, 0.2) is 11.1 Å². The van der Waals surface area contributed by atoms with E-state index in [1.807, 2.05) is 62.3 Å². The predicted molar refractivity (Wildman–Crippen MR) is 98.2 cm³/mol. The molecule has 2 unspecified atom stereocenters. The first-order valence-corrected chi connectivity index (χ1v) is 9.02. The van der Waals surface area contributed by atoms with Gasteiger partial charge in [-0.3, -0.25) is 0 Å². The number of alkyl halides is 2. The van der Waals surface area contributed by atoms with Gasteiger partial charge in [-0.15, -0.1) is 0 Å². The Morgan fingerprint density at radius 3 is 1.38 bits per heavy atom. The highest BCUT2D eigenvalue weighted by molar-refractivity contribution is 5.35. The average Bonchev–Trinajstić information content (AvgIpc) is 2.19. The highest BCUT2D eigenvalue weighted by atomic mass is 19.3. The van der Waals surface area contributed by atoms with Crippen LogP contribution in [0.1, 0.15) is 83.1 Å². The molecule has 0 saturated heterocycles. The van der Waals surface area contributed by atoms with Crippen LogP contribution in [0, 0.1) is 27.6 Å². The Labute approximate surface area is 148 Å². The fourth-order valence-corrected chi connectivity index (χ4v) is 4.00. The van der Waals surface area contributed by atoms with Crippen molar-refractivity contribution in [3.8, 4) is 0 Å². The largest absolute Gasteiger partial charge is 0.380 e. The van der Waals surface area contributed by atoms with E-state index in [9.17, 15) is 0 Å². The molecule has 1 nitrogen and oxygen atoms in total. The minimum atomic E-state index is -3.24. The van der Waals surface area contributed by atoms with E-state index in [0.717, 1.165) is 5.57 Å². The van der Waals surface area contributed by atoms with Gasteiger partial charge in [0.15, 0.2) is 0 Å². The smallest absolute Gasteiger partial charge is 0.312 e. The van der Waals surface area contributed by atoms with Crippen molar-refractivity contribution >= 4 is 0 Å². The maximum atomic E-state index is 15.2. The zero-order chi connectivity index (χ0) is 19.5. The van der Waals surface area contributed by atoms with E-state index in [2.05, 4.69) is 20.8 Å². The molecule has 1 aliphatic rings. The van der Waals surface area contributed by atoms with Crippen molar-refractivity contribution in [2.75, 3.05) is 0 Å². The summed E-state index contributed by atoms with van der Waals surface area (Å²) in [6.45, 7) is 24.1. The van der Waals surface area contributed by atoms with Gasteiger partial charge in [0.05, 0.1) is 6.10 Å². The molecule has 0 N–H and O–H groups in total. The lowest BCUT2D eigenvalue weighted by atomic mass is 9.57. The van der Waals surface area contributed by atoms with Crippen LogP contribution in [0.25, 0.3) is 0 Å². The zero-order valence-corrected chi connectivity index (χ0v) is 17.8. The molecule has 3 heteroatoms. The van der Waals surface area contributed by atoms with Gasteiger partial charge in [0, 0.05) is 11.5 Å². The van der Waals surface area contributed by atoms with Crippen LogP contribution < -0.4 is 0 Å². The molecule has 1 aliphatic heterocycles. The molecule has 0 spiro atoms. The first kappa shape index (κ1) is 21.6. The standard InChI is InChI=1S/C21H38F2O/c1-17(2,3)13-14(18(4,5)6)16(20(10,11)12)24-21(22,23)15(13)19(7,8)9/h14,16H,1-12H3. The molecule has 0 aromatic heterocycles. The van der Waals surface area contributed by atoms with Crippen LogP contribution in [0.4, 0.5) is 8.78 Å². The van der Waals surface area contributed by atoms with Gasteiger partial charge < -0.3 is 4.74 Å². The Morgan fingerprint density at radius 2 is 1.12 bits per heavy atom. The van der Waals surface area contributed by atoms with Crippen LogP contribution in [0.5, 0.6) is 0 Å². The lowest BCUT2D eigenvalue weighted by molar-refractivity contribution is -0.287. The topological polar surface area (TPSA) is 9.23 Å². The summed E-state index contributed by atoms with van der Waals surface area (Å²) in [5.74, 6) is -0.0636. The Morgan fingerprint density at radius 1 is 0.708 bits per heavy atom. The summed E-state index contributed by atoms with van der Waals surface area (Å²) in [7, 11) is 0. The number of hydrogen-bond donors (Lipinski definition) is 0. The summed E-state index contributed by atoms with van der Waals surface area (Å²) in [6, 6.07) is 0. The number of hydrogen-bond acceptors (Lipinski definition) is 1. The molecule has 0 bridgehead atoms. The van der Waals surface area contributed by atoms with Gasteiger partial charge in [-0.05, 0) is 21.7 Å². The second-order valence-corrected chi connectivity index (χ2v) is 11.6. The van der Waals surface area contributed by atoms with Gasteiger partial charge in [-0.25, -0.2) is 0 Å². The van der Waals surface area contributed by atoms with Crippen molar-refractivity contribution in [1.29, 1.82) is 0 Å². The van der Waals surface area contributed by atoms with Gasteiger partial charge in [0.1, 0.15) is 0 Å². The second-order valence-electron chi connectivity index (χ2n) is 11.6. The maximum absolute atomic E-state index is 15.2. The summed E-state index contributed by atoms with van der Waals surface area (Å²) in [4.78, 5) is 0. The molecule has 0 fully saturated rings. The Balaban J connectivity index is 3.93. The third kappa shape index (κ3) is 4.20. The third-order valence-corrected chi connectivity index (χ3v) is 4.79. The van der Waals surface area contributed by atoms with E-state index in [0.29, 0.717) is 0 Å². The Bertz CT molecular complexity index is 502. The number of rotatable bonds is 0. The van der Waals surface area contributed by atoms with E-state index in [1.165, 1.54) is 0 Å². The molecule has 0 saturated carbocycles. The van der Waals surface area contributed by atoms with Crippen LogP contribution in [-0.4, -0.2) is 12.2 Å². The highest BCUT2D eigenvalue weighted by Crippen LogP contribution is 2.58. The van der Waals surface area contributed by atoms with Crippen LogP contribution in [0.2, 0.25) is 0 Å². The Hall–Kier alpha value is -0.440. The Kier molecular flexibility index (Phi) is 5.21.